The zero-order valence-corrected chi connectivity index (χ0v) is 13.4. The summed E-state index contributed by atoms with van der Waals surface area (Å²) in [4.78, 5) is 0. The van der Waals surface area contributed by atoms with E-state index in [1.54, 1.807) is 12.1 Å². The van der Waals surface area contributed by atoms with Crippen LogP contribution in [0.4, 0.5) is 5.69 Å². The van der Waals surface area contributed by atoms with Crippen molar-refractivity contribution >= 4 is 33.2 Å². The second kappa shape index (κ2) is 6.03. The normalized spacial score (nSPS) is 13.0. The van der Waals surface area contributed by atoms with Crippen molar-refractivity contribution < 1.29 is 14.6 Å². The van der Waals surface area contributed by atoms with Crippen molar-refractivity contribution in [2.75, 3.05) is 18.5 Å². The number of nitrogens with one attached hydrogen (secondary N) is 1. The van der Waals surface area contributed by atoms with E-state index in [9.17, 15) is 5.11 Å². The third-order valence-corrected chi connectivity index (χ3v) is 4.07. The van der Waals surface area contributed by atoms with Crippen molar-refractivity contribution in [1.82, 2.24) is 0 Å². The Bertz CT molecular complexity index is 678. The van der Waals surface area contributed by atoms with E-state index in [-0.39, 0.29) is 5.75 Å². The van der Waals surface area contributed by atoms with Crippen molar-refractivity contribution in [2.45, 2.75) is 6.54 Å². The number of hydrogen-bond acceptors (Lipinski definition) is 4. The molecule has 0 saturated heterocycles. The molecule has 0 saturated carbocycles. The van der Waals surface area contributed by atoms with Crippen LogP contribution in [-0.4, -0.2) is 18.3 Å². The van der Waals surface area contributed by atoms with Crippen LogP contribution in [0.1, 0.15) is 5.56 Å². The molecule has 0 unspecified atom stereocenters. The predicted octanol–water partition coefficient (Wildman–Crippen LogP) is 4.19. The van der Waals surface area contributed by atoms with Gasteiger partial charge in [-0.3, -0.25) is 0 Å². The third kappa shape index (κ3) is 3.19. The second-order valence-electron chi connectivity index (χ2n) is 4.62. The molecule has 0 amide bonds. The Balaban J connectivity index is 1.77. The van der Waals surface area contributed by atoms with Gasteiger partial charge in [-0.25, -0.2) is 0 Å². The zero-order valence-electron chi connectivity index (χ0n) is 11.0. The lowest BCUT2D eigenvalue weighted by molar-refractivity contribution is 0.171. The summed E-state index contributed by atoms with van der Waals surface area (Å²) in [6, 6.07) is 8.94. The molecule has 2 N–H and O–H groups in total. The molecule has 2 aromatic rings. The Kier molecular flexibility index (Phi) is 4.12. The zero-order chi connectivity index (χ0) is 14.8. The molecule has 1 aliphatic rings. The Hall–Kier alpha value is -1.59. The Morgan fingerprint density at radius 1 is 1.14 bits per heavy atom. The van der Waals surface area contributed by atoms with Crippen LogP contribution in [0, 0.1) is 0 Å². The first-order valence-corrected chi connectivity index (χ1v) is 7.61. The molecular weight excluding hydrogens is 358 g/mol. The summed E-state index contributed by atoms with van der Waals surface area (Å²) in [5.41, 5.74) is 1.80. The molecule has 3 rings (SSSR count). The molecule has 110 valence electrons. The van der Waals surface area contributed by atoms with Crippen LogP contribution in [0.25, 0.3) is 0 Å². The van der Waals surface area contributed by atoms with Gasteiger partial charge in [-0.2, -0.15) is 0 Å². The van der Waals surface area contributed by atoms with E-state index in [1.807, 2.05) is 18.2 Å². The Morgan fingerprint density at radius 2 is 1.86 bits per heavy atom. The van der Waals surface area contributed by atoms with Crippen LogP contribution in [0.3, 0.4) is 0 Å². The number of phenols is 1. The summed E-state index contributed by atoms with van der Waals surface area (Å²) in [5, 5.41) is 13.3. The van der Waals surface area contributed by atoms with Gasteiger partial charge in [0.05, 0.1) is 15.2 Å². The smallest absolute Gasteiger partial charge is 0.163 e. The standard InChI is InChI=1S/C15H13BrClNO3/c16-10-5-9(1-2-13(10)19)8-18-12-7-15-14(6-11(12)17)20-3-4-21-15/h1-2,5-7,18-19H,3-4,8H2. The van der Waals surface area contributed by atoms with Gasteiger partial charge in [0, 0.05) is 18.7 Å². The molecule has 0 bridgehead atoms. The fraction of sp³-hybridized carbons (Fsp3) is 0.200. The van der Waals surface area contributed by atoms with Gasteiger partial charge < -0.3 is 19.9 Å². The first-order valence-electron chi connectivity index (χ1n) is 6.44. The van der Waals surface area contributed by atoms with Crippen molar-refractivity contribution in [2.24, 2.45) is 0 Å². The highest BCUT2D eigenvalue weighted by Crippen LogP contribution is 2.38. The lowest BCUT2D eigenvalue weighted by Gasteiger charge is -2.20. The maximum atomic E-state index is 9.49. The fourth-order valence-electron chi connectivity index (χ4n) is 2.06. The average molecular weight is 371 g/mol. The minimum absolute atomic E-state index is 0.219. The summed E-state index contributed by atoms with van der Waals surface area (Å²) in [7, 11) is 0. The summed E-state index contributed by atoms with van der Waals surface area (Å²) < 4.78 is 11.7. The van der Waals surface area contributed by atoms with Crippen LogP contribution in [0.15, 0.2) is 34.8 Å². The van der Waals surface area contributed by atoms with E-state index in [2.05, 4.69) is 21.2 Å². The summed E-state index contributed by atoms with van der Waals surface area (Å²) in [6.45, 7) is 1.66. The number of hydrogen-bond donors (Lipinski definition) is 2. The van der Waals surface area contributed by atoms with Crippen LogP contribution in [0.2, 0.25) is 5.02 Å². The molecular formula is C15H13BrClNO3. The lowest BCUT2D eigenvalue weighted by atomic mass is 10.2. The number of rotatable bonds is 3. The number of halogens is 2. The van der Waals surface area contributed by atoms with Gasteiger partial charge in [0.15, 0.2) is 11.5 Å². The molecule has 0 aromatic heterocycles. The quantitative estimate of drug-likeness (QED) is 0.850. The number of aromatic hydroxyl groups is 1. The number of ether oxygens (including phenoxy) is 2. The van der Waals surface area contributed by atoms with E-state index in [0.29, 0.717) is 40.8 Å². The fourth-order valence-corrected chi connectivity index (χ4v) is 2.70. The van der Waals surface area contributed by atoms with Gasteiger partial charge in [-0.1, -0.05) is 17.7 Å². The number of benzene rings is 2. The second-order valence-corrected chi connectivity index (χ2v) is 5.88. The lowest BCUT2D eigenvalue weighted by Crippen LogP contribution is -2.15. The first kappa shape index (κ1) is 14.4. The van der Waals surface area contributed by atoms with E-state index in [4.69, 9.17) is 21.1 Å². The molecule has 21 heavy (non-hydrogen) atoms. The van der Waals surface area contributed by atoms with Crippen molar-refractivity contribution in [3.8, 4) is 17.2 Å². The minimum atomic E-state index is 0.219. The maximum absolute atomic E-state index is 9.49. The summed E-state index contributed by atoms with van der Waals surface area (Å²) in [6.07, 6.45) is 0. The molecule has 1 aliphatic heterocycles. The first-order chi connectivity index (χ1) is 10.1. The summed E-state index contributed by atoms with van der Waals surface area (Å²) >= 11 is 9.53. The van der Waals surface area contributed by atoms with Crippen LogP contribution < -0.4 is 14.8 Å². The van der Waals surface area contributed by atoms with Crippen molar-refractivity contribution in [1.29, 1.82) is 0 Å². The van der Waals surface area contributed by atoms with Gasteiger partial charge in [0.1, 0.15) is 19.0 Å². The van der Waals surface area contributed by atoms with Gasteiger partial charge in [0.2, 0.25) is 0 Å². The van der Waals surface area contributed by atoms with Gasteiger partial charge in [-0.05, 0) is 33.6 Å². The monoisotopic (exact) mass is 369 g/mol. The highest BCUT2D eigenvalue weighted by molar-refractivity contribution is 9.10. The van der Waals surface area contributed by atoms with Crippen LogP contribution >= 0.6 is 27.5 Å². The maximum Gasteiger partial charge on any atom is 0.163 e. The van der Waals surface area contributed by atoms with E-state index >= 15 is 0 Å². The van der Waals surface area contributed by atoms with E-state index < -0.39 is 0 Å². The number of phenolic OH excluding ortho intramolecular Hbond substituents is 1. The van der Waals surface area contributed by atoms with Crippen molar-refractivity contribution in [3.63, 3.8) is 0 Å². The third-order valence-electron chi connectivity index (χ3n) is 3.13. The topological polar surface area (TPSA) is 50.7 Å². The van der Waals surface area contributed by atoms with E-state index in [1.165, 1.54) is 0 Å². The average Bonchev–Trinajstić information content (AvgIpc) is 2.48. The molecule has 1 heterocycles. The number of fused-ring (bicyclic) bond motifs is 1. The molecule has 0 radical (unpaired) electrons. The Labute approximate surface area is 135 Å². The summed E-state index contributed by atoms with van der Waals surface area (Å²) in [5.74, 6) is 1.58. The van der Waals surface area contributed by atoms with E-state index in [0.717, 1.165) is 11.3 Å². The van der Waals surface area contributed by atoms with Gasteiger partial charge in [0.25, 0.3) is 0 Å². The van der Waals surface area contributed by atoms with Crippen molar-refractivity contribution in [3.05, 3.63) is 45.4 Å². The SMILES string of the molecule is Oc1ccc(CNc2cc3c(cc2Cl)OCCO3)cc1Br. The molecule has 0 aliphatic carbocycles. The minimum Gasteiger partial charge on any atom is -0.507 e. The molecule has 6 heteroatoms. The molecule has 0 spiro atoms. The van der Waals surface area contributed by atoms with Crippen LogP contribution in [-0.2, 0) is 6.54 Å². The molecule has 0 fully saturated rings. The highest BCUT2D eigenvalue weighted by Gasteiger charge is 2.15. The molecule has 2 aromatic carbocycles. The number of anilines is 1. The highest BCUT2D eigenvalue weighted by atomic mass is 79.9. The van der Waals surface area contributed by atoms with Gasteiger partial charge in [-0.15, -0.1) is 0 Å². The largest absolute Gasteiger partial charge is 0.507 e. The molecule has 0 atom stereocenters. The Morgan fingerprint density at radius 3 is 2.57 bits per heavy atom. The van der Waals surface area contributed by atoms with Crippen LogP contribution in [0.5, 0.6) is 17.2 Å². The molecule has 4 nitrogen and oxygen atoms in total. The van der Waals surface area contributed by atoms with Gasteiger partial charge >= 0.3 is 0 Å². The predicted molar refractivity (Wildman–Crippen MR) is 85.6 cm³/mol.